The summed E-state index contributed by atoms with van der Waals surface area (Å²) in [7, 11) is 0. The van der Waals surface area contributed by atoms with Crippen molar-refractivity contribution in [3.05, 3.63) is 59.4 Å². The number of nitrogens with two attached hydrogens (primary N) is 2. The molecule has 0 saturated heterocycles. The Kier molecular flexibility index (Phi) is 2.43. The van der Waals surface area contributed by atoms with Crippen molar-refractivity contribution in [1.29, 1.82) is 5.26 Å². The van der Waals surface area contributed by atoms with E-state index in [2.05, 4.69) is 6.07 Å². The van der Waals surface area contributed by atoms with E-state index in [4.69, 9.17) is 20.6 Å². The Bertz CT molecular complexity index is 696. The average molecular weight is 253 g/mol. The standard InChI is InChI=1S/C14H11N3O2/c15-7-10-13(11-2-1-5-18-11)9-4-3-8(16)6-12(9)19-14(10)17/h1-6,13H,16-17H2/t13-/m1/s1. The molecule has 2 aromatic rings. The highest BCUT2D eigenvalue weighted by Crippen LogP contribution is 2.42. The smallest absolute Gasteiger partial charge is 0.205 e. The SMILES string of the molecule is N#CC1=C(N)Oc2cc(N)ccc2[C@H]1c1ccco1. The molecule has 0 fully saturated rings. The minimum Gasteiger partial charge on any atom is -0.468 e. The third-order valence-electron chi connectivity index (χ3n) is 3.07. The minimum absolute atomic E-state index is 0.0852. The number of nitrogen functional groups attached to an aromatic ring is 1. The lowest BCUT2D eigenvalue weighted by Crippen LogP contribution is -2.20. The second kappa shape index (κ2) is 4.10. The summed E-state index contributed by atoms with van der Waals surface area (Å²) in [6, 6.07) is 10.9. The lowest BCUT2D eigenvalue weighted by atomic mass is 9.87. The number of anilines is 1. The van der Waals surface area contributed by atoms with Gasteiger partial charge >= 0.3 is 0 Å². The fourth-order valence-electron chi connectivity index (χ4n) is 2.22. The molecule has 1 aromatic heterocycles. The van der Waals surface area contributed by atoms with E-state index in [-0.39, 0.29) is 11.8 Å². The van der Waals surface area contributed by atoms with Gasteiger partial charge in [0, 0.05) is 17.3 Å². The summed E-state index contributed by atoms with van der Waals surface area (Å²) >= 11 is 0. The largest absolute Gasteiger partial charge is 0.468 e. The molecule has 0 unspecified atom stereocenters. The van der Waals surface area contributed by atoms with Gasteiger partial charge in [0.15, 0.2) is 0 Å². The second-order valence-corrected chi connectivity index (χ2v) is 4.24. The van der Waals surface area contributed by atoms with E-state index in [9.17, 15) is 5.26 Å². The van der Waals surface area contributed by atoms with Gasteiger partial charge < -0.3 is 20.6 Å². The molecule has 19 heavy (non-hydrogen) atoms. The maximum Gasteiger partial charge on any atom is 0.205 e. The van der Waals surface area contributed by atoms with Crippen molar-refractivity contribution in [2.75, 3.05) is 5.73 Å². The highest BCUT2D eigenvalue weighted by atomic mass is 16.5. The molecular formula is C14H11N3O2. The zero-order valence-electron chi connectivity index (χ0n) is 9.96. The molecule has 0 spiro atoms. The second-order valence-electron chi connectivity index (χ2n) is 4.24. The van der Waals surface area contributed by atoms with Crippen LogP contribution in [0.1, 0.15) is 17.2 Å². The monoisotopic (exact) mass is 253 g/mol. The molecule has 0 saturated carbocycles. The molecule has 1 aliphatic rings. The number of furan rings is 1. The van der Waals surface area contributed by atoms with E-state index in [0.29, 0.717) is 22.8 Å². The average Bonchev–Trinajstić information content (AvgIpc) is 2.90. The van der Waals surface area contributed by atoms with Crippen molar-refractivity contribution < 1.29 is 9.15 Å². The van der Waals surface area contributed by atoms with E-state index >= 15 is 0 Å². The number of nitrogens with zero attached hydrogens (tertiary/aromatic N) is 1. The number of ether oxygens (including phenoxy) is 1. The third kappa shape index (κ3) is 1.70. The van der Waals surface area contributed by atoms with Gasteiger partial charge in [0.1, 0.15) is 23.2 Å². The van der Waals surface area contributed by atoms with Gasteiger partial charge in [-0.25, -0.2) is 0 Å². The van der Waals surface area contributed by atoms with Gasteiger partial charge in [-0.05, 0) is 18.2 Å². The van der Waals surface area contributed by atoms with Crippen molar-refractivity contribution in [3.63, 3.8) is 0 Å². The molecule has 94 valence electrons. The van der Waals surface area contributed by atoms with Crippen LogP contribution in [0.5, 0.6) is 5.75 Å². The number of benzene rings is 1. The molecule has 1 aliphatic heterocycles. The van der Waals surface area contributed by atoms with Crippen LogP contribution in [0.4, 0.5) is 5.69 Å². The van der Waals surface area contributed by atoms with Gasteiger partial charge in [-0.3, -0.25) is 0 Å². The Balaban J connectivity index is 2.23. The van der Waals surface area contributed by atoms with E-state index in [0.717, 1.165) is 5.56 Å². The highest BCUT2D eigenvalue weighted by molar-refractivity contribution is 5.58. The quantitative estimate of drug-likeness (QED) is 0.758. The van der Waals surface area contributed by atoms with Gasteiger partial charge in [0.05, 0.1) is 12.2 Å². The molecule has 0 aliphatic carbocycles. The molecule has 0 bridgehead atoms. The van der Waals surface area contributed by atoms with Crippen LogP contribution in [0.2, 0.25) is 0 Å². The first-order chi connectivity index (χ1) is 9.20. The number of allylic oxidation sites excluding steroid dienone is 1. The highest BCUT2D eigenvalue weighted by Gasteiger charge is 2.32. The van der Waals surface area contributed by atoms with Crippen LogP contribution in [0.25, 0.3) is 0 Å². The Labute approximate surface area is 109 Å². The van der Waals surface area contributed by atoms with Gasteiger partial charge in [0.25, 0.3) is 0 Å². The minimum atomic E-state index is -0.357. The van der Waals surface area contributed by atoms with Crippen LogP contribution in [0.15, 0.2) is 52.5 Å². The Hall–Kier alpha value is -2.87. The number of hydrogen-bond acceptors (Lipinski definition) is 5. The Morgan fingerprint density at radius 1 is 1.21 bits per heavy atom. The van der Waals surface area contributed by atoms with E-state index in [1.807, 2.05) is 6.07 Å². The predicted molar refractivity (Wildman–Crippen MR) is 68.9 cm³/mol. The molecule has 2 heterocycles. The molecule has 5 heteroatoms. The predicted octanol–water partition coefficient (Wildman–Crippen LogP) is 2.08. The Morgan fingerprint density at radius 2 is 2.05 bits per heavy atom. The summed E-state index contributed by atoms with van der Waals surface area (Å²) in [5, 5.41) is 9.28. The summed E-state index contributed by atoms with van der Waals surface area (Å²) in [6.45, 7) is 0. The number of nitriles is 1. The van der Waals surface area contributed by atoms with E-state index in [1.54, 1.807) is 30.5 Å². The van der Waals surface area contributed by atoms with Crippen LogP contribution in [-0.2, 0) is 0 Å². The molecule has 5 nitrogen and oxygen atoms in total. The summed E-state index contributed by atoms with van der Waals surface area (Å²) in [6.07, 6.45) is 1.56. The maximum atomic E-state index is 9.28. The third-order valence-corrected chi connectivity index (χ3v) is 3.07. The van der Waals surface area contributed by atoms with Crippen molar-refractivity contribution >= 4 is 5.69 Å². The summed E-state index contributed by atoms with van der Waals surface area (Å²) in [4.78, 5) is 0. The molecule has 4 N–H and O–H groups in total. The molecule has 3 rings (SSSR count). The van der Waals surface area contributed by atoms with Crippen LogP contribution in [-0.4, -0.2) is 0 Å². The topological polar surface area (TPSA) is 98.2 Å². The van der Waals surface area contributed by atoms with E-state index in [1.165, 1.54) is 0 Å². The van der Waals surface area contributed by atoms with Crippen molar-refractivity contribution in [2.24, 2.45) is 5.73 Å². The molecule has 0 radical (unpaired) electrons. The van der Waals surface area contributed by atoms with Crippen LogP contribution >= 0.6 is 0 Å². The zero-order chi connectivity index (χ0) is 13.4. The fraction of sp³-hybridized carbons (Fsp3) is 0.0714. The molecule has 0 amide bonds. The van der Waals surface area contributed by atoms with Crippen molar-refractivity contribution in [2.45, 2.75) is 5.92 Å². The number of fused-ring (bicyclic) bond motifs is 1. The summed E-state index contributed by atoms with van der Waals surface area (Å²) in [5.74, 6) is 0.929. The zero-order valence-corrected chi connectivity index (χ0v) is 9.96. The summed E-state index contributed by atoms with van der Waals surface area (Å²) < 4.78 is 10.9. The van der Waals surface area contributed by atoms with Gasteiger partial charge in [0.2, 0.25) is 5.88 Å². The maximum absolute atomic E-state index is 9.28. The summed E-state index contributed by atoms with van der Waals surface area (Å²) in [5.41, 5.74) is 13.3. The van der Waals surface area contributed by atoms with Gasteiger partial charge in [-0.1, -0.05) is 6.07 Å². The van der Waals surface area contributed by atoms with Gasteiger partial charge in [-0.15, -0.1) is 0 Å². The van der Waals surface area contributed by atoms with Crippen LogP contribution in [0, 0.1) is 11.3 Å². The first kappa shape index (κ1) is 11.2. The van der Waals surface area contributed by atoms with Crippen LogP contribution < -0.4 is 16.2 Å². The van der Waals surface area contributed by atoms with Crippen LogP contribution in [0.3, 0.4) is 0 Å². The first-order valence-electron chi connectivity index (χ1n) is 5.71. The Morgan fingerprint density at radius 3 is 2.74 bits per heavy atom. The molecule has 1 atom stereocenters. The van der Waals surface area contributed by atoms with E-state index < -0.39 is 0 Å². The normalized spacial score (nSPS) is 17.5. The molecular weight excluding hydrogens is 242 g/mol. The number of rotatable bonds is 1. The lowest BCUT2D eigenvalue weighted by Gasteiger charge is -2.24. The molecule has 1 aromatic carbocycles. The van der Waals surface area contributed by atoms with Crippen molar-refractivity contribution in [3.8, 4) is 11.8 Å². The fourth-order valence-corrected chi connectivity index (χ4v) is 2.22. The number of hydrogen-bond donors (Lipinski definition) is 2. The van der Waals surface area contributed by atoms with Gasteiger partial charge in [-0.2, -0.15) is 5.26 Å². The first-order valence-corrected chi connectivity index (χ1v) is 5.71. The lowest BCUT2D eigenvalue weighted by molar-refractivity contribution is 0.384. The van der Waals surface area contributed by atoms with Crippen molar-refractivity contribution in [1.82, 2.24) is 0 Å².